The van der Waals surface area contributed by atoms with E-state index in [-0.39, 0.29) is 11.6 Å². The van der Waals surface area contributed by atoms with Crippen molar-refractivity contribution < 1.29 is 4.74 Å². The van der Waals surface area contributed by atoms with Crippen LogP contribution in [0.3, 0.4) is 0 Å². The van der Waals surface area contributed by atoms with Crippen LogP contribution in [0.2, 0.25) is 0 Å². The summed E-state index contributed by atoms with van der Waals surface area (Å²) in [6.07, 6.45) is 7.26. The lowest BCUT2D eigenvalue weighted by atomic mass is 9.93. The molecule has 2 aromatic carbocycles. The summed E-state index contributed by atoms with van der Waals surface area (Å²) in [4.78, 5) is 28.8. The Morgan fingerprint density at radius 3 is 2.46 bits per heavy atom. The Balaban J connectivity index is 1.41. The number of benzene rings is 2. The quantitative estimate of drug-likeness (QED) is 0.310. The van der Waals surface area contributed by atoms with Gasteiger partial charge in [-0.15, -0.1) is 0 Å². The van der Waals surface area contributed by atoms with Crippen molar-refractivity contribution in [3.8, 4) is 16.9 Å². The first-order valence-electron chi connectivity index (χ1n) is 14.8. The third kappa shape index (κ3) is 5.28. The summed E-state index contributed by atoms with van der Waals surface area (Å²) in [5.41, 5.74) is 6.46. The Morgan fingerprint density at radius 1 is 0.976 bits per heavy atom. The third-order valence-corrected chi connectivity index (χ3v) is 8.82. The molecular weight excluding hydrogens is 512 g/mol. The number of fused-ring (bicyclic) bond motifs is 1. The molecule has 1 aliphatic carbocycles. The van der Waals surface area contributed by atoms with Crippen LogP contribution in [0.1, 0.15) is 49.3 Å². The molecular formula is C33H40N6O2. The molecule has 0 spiro atoms. The van der Waals surface area contributed by atoms with Gasteiger partial charge in [-0.2, -0.15) is 4.98 Å². The number of hydrogen-bond donors (Lipinski definition) is 1. The zero-order chi connectivity index (χ0) is 28.5. The van der Waals surface area contributed by atoms with Gasteiger partial charge in [-0.05, 0) is 69.1 Å². The van der Waals surface area contributed by atoms with E-state index in [1.54, 1.807) is 7.11 Å². The minimum Gasteiger partial charge on any atom is -0.496 e. The second kappa shape index (κ2) is 11.5. The minimum atomic E-state index is -0.0107. The molecule has 0 radical (unpaired) electrons. The fourth-order valence-corrected chi connectivity index (χ4v) is 6.50. The van der Waals surface area contributed by atoms with Crippen molar-refractivity contribution in [2.75, 3.05) is 50.6 Å². The van der Waals surface area contributed by atoms with Crippen LogP contribution in [0.5, 0.6) is 5.75 Å². The van der Waals surface area contributed by atoms with Crippen molar-refractivity contribution in [3.05, 3.63) is 70.1 Å². The zero-order valence-electron chi connectivity index (χ0n) is 24.6. The highest BCUT2D eigenvalue weighted by Crippen LogP contribution is 2.36. The number of likely N-dealkylation sites (N-methyl/N-ethyl adjacent to an activating group) is 1. The van der Waals surface area contributed by atoms with Crippen LogP contribution in [-0.4, -0.2) is 59.8 Å². The van der Waals surface area contributed by atoms with Crippen molar-refractivity contribution in [2.24, 2.45) is 0 Å². The van der Waals surface area contributed by atoms with E-state index in [0.717, 1.165) is 74.1 Å². The van der Waals surface area contributed by atoms with Gasteiger partial charge in [0.05, 0.1) is 12.7 Å². The van der Waals surface area contributed by atoms with E-state index in [9.17, 15) is 4.79 Å². The van der Waals surface area contributed by atoms with Crippen molar-refractivity contribution >= 4 is 28.4 Å². The van der Waals surface area contributed by atoms with Crippen LogP contribution in [-0.2, 0) is 0 Å². The van der Waals surface area contributed by atoms with E-state index in [1.807, 2.05) is 42.0 Å². The summed E-state index contributed by atoms with van der Waals surface area (Å²) in [5.74, 6) is 1.19. The minimum absolute atomic E-state index is 0.0107. The summed E-state index contributed by atoms with van der Waals surface area (Å²) < 4.78 is 7.60. The number of pyridine rings is 1. The molecule has 41 heavy (non-hydrogen) atoms. The number of aromatic nitrogens is 3. The number of piperazine rings is 1. The number of methoxy groups -OCH3 is 1. The molecule has 1 saturated carbocycles. The Labute approximate surface area is 242 Å². The molecule has 214 valence electrons. The van der Waals surface area contributed by atoms with Gasteiger partial charge in [-0.1, -0.05) is 37.5 Å². The van der Waals surface area contributed by atoms with Gasteiger partial charge < -0.3 is 19.9 Å². The number of hydrogen-bond acceptors (Lipinski definition) is 7. The van der Waals surface area contributed by atoms with E-state index in [0.29, 0.717) is 22.9 Å². The molecule has 0 unspecified atom stereocenters. The lowest BCUT2D eigenvalue weighted by molar-refractivity contribution is 0.312. The van der Waals surface area contributed by atoms with Crippen molar-refractivity contribution in [1.82, 2.24) is 19.4 Å². The zero-order valence-corrected chi connectivity index (χ0v) is 24.6. The number of nitrogens with one attached hydrogen (secondary N) is 1. The smallest absolute Gasteiger partial charge is 0.260 e. The van der Waals surface area contributed by atoms with Gasteiger partial charge in [0, 0.05) is 60.7 Å². The number of nitrogens with zero attached hydrogens (tertiary/aromatic N) is 5. The summed E-state index contributed by atoms with van der Waals surface area (Å²) in [7, 11) is 3.82. The van der Waals surface area contributed by atoms with Crippen LogP contribution in [0.15, 0.2) is 53.5 Å². The van der Waals surface area contributed by atoms with Gasteiger partial charge >= 0.3 is 0 Å². The van der Waals surface area contributed by atoms with Crippen molar-refractivity contribution in [3.63, 3.8) is 0 Å². The summed E-state index contributed by atoms with van der Waals surface area (Å²) in [5, 5.41) is 4.32. The van der Waals surface area contributed by atoms with Gasteiger partial charge in [0.15, 0.2) is 0 Å². The van der Waals surface area contributed by atoms with Gasteiger partial charge in [-0.3, -0.25) is 9.36 Å². The Hall–Kier alpha value is -3.91. The molecule has 2 fully saturated rings. The van der Waals surface area contributed by atoms with E-state index in [2.05, 4.69) is 47.3 Å². The molecule has 2 aliphatic rings. The van der Waals surface area contributed by atoms with Gasteiger partial charge in [0.1, 0.15) is 11.4 Å². The predicted octanol–water partition coefficient (Wildman–Crippen LogP) is 6.08. The molecule has 1 N–H and O–H groups in total. The van der Waals surface area contributed by atoms with Crippen LogP contribution >= 0.6 is 0 Å². The molecule has 0 atom stereocenters. The molecule has 4 aromatic rings. The molecule has 3 heterocycles. The second-order valence-corrected chi connectivity index (χ2v) is 11.5. The maximum absolute atomic E-state index is 14.3. The van der Waals surface area contributed by atoms with E-state index < -0.39 is 0 Å². The predicted molar refractivity (Wildman–Crippen MR) is 167 cm³/mol. The van der Waals surface area contributed by atoms with Crippen LogP contribution in [0, 0.1) is 13.8 Å². The Bertz CT molecular complexity index is 1620. The van der Waals surface area contributed by atoms with Gasteiger partial charge in [-0.25, -0.2) is 4.98 Å². The maximum Gasteiger partial charge on any atom is 0.260 e. The fourth-order valence-electron chi connectivity index (χ4n) is 6.50. The molecule has 0 amide bonds. The topological polar surface area (TPSA) is 75.5 Å². The fraction of sp³-hybridized carbons (Fsp3) is 0.424. The first-order valence-corrected chi connectivity index (χ1v) is 14.8. The number of para-hydroxylation sites is 1. The molecule has 8 heteroatoms. The average Bonchev–Trinajstić information content (AvgIpc) is 2.99. The molecule has 1 saturated heterocycles. The Morgan fingerprint density at radius 2 is 1.73 bits per heavy atom. The summed E-state index contributed by atoms with van der Waals surface area (Å²) in [6.45, 7) is 8.37. The number of aryl methyl sites for hydroxylation is 2. The molecule has 2 aromatic heterocycles. The average molecular weight is 553 g/mol. The third-order valence-electron chi connectivity index (χ3n) is 8.82. The molecule has 8 nitrogen and oxygen atoms in total. The van der Waals surface area contributed by atoms with E-state index >= 15 is 0 Å². The summed E-state index contributed by atoms with van der Waals surface area (Å²) >= 11 is 0. The first kappa shape index (κ1) is 27.3. The van der Waals surface area contributed by atoms with E-state index in [1.165, 1.54) is 17.7 Å². The largest absolute Gasteiger partial charge is 0.496 e. The maximum atomic E-state index is 14.3. The number of anilines is 3. The lowest BCUT2D eigenvalue weighted by Crippen LogP contribution is -2.44. The van der Waals surface area contributed by atoms with Gasteiger partial charge in [0.2, 0.25) is 5.95 Å². The highest BCUT2D eigenvalue weighted by atomic mass is 16.5. The standard InChI is InChI=1S/C33H40N6O2/c1-22-20-24(14-15-28(22)38-18-16-37(3)17-19-38)35-33-34-21-27-23(2)30(26-12-8-9-13-29(26)41-4)32(40)39(31(27)36-33)25-10-6-5-7-11-25/h8-9,12-15,20-21,25H,5-7,10-11,16-19H2,1-4H3,(H,34,35,36). The number of ether oxygens (including phenoxy) is 1. The highest BCUT2D eigenvalue weighted by molar-refractivity contribution is 5.88. The van der Waals surface area contributed by atoms with Crippen LogP contribution < -0.4 is 20.5 Å². The van der Waals surface area contributed by atoms with E-state index in [4.69, 9.17) is 14.7 Å². The van der Waals surface area contributed by atoms with Crippen LogP contribution in [0.4, 0.5) is 17.3 Å². The van der Waals surface area contributed by atoms with Gasteiger partial charge in [0.25, 0.3) is 5.56 Å². The second-order valence-electron chi connectivity index (χ2n) is 11.5. The SMILES string of the molecule is COc1ccccc1-c1c(C)c2cnc(Nc3ccc(N4CCN(C)CC4)c(C)c3)nc2n(C2CCCCC2)c1=O. The van der Waals surface area contributed by atoms with Crippen LogP contribution in [0.25, 0.3) is 22.2 Å². The molecule has 6 rings (SSSR count). The lowest BCUT2D eigenvalue weighted by Gasteiger charge is -2.35. The monoisotopic (exact) mass is 552 g/mol. The molecule has 1 aliphatic heterocycles. The highest BCUT2D eigenvalue weighted by Gasteiger charge is 2.25. The Kier molecular flexibility index (Phi) is 7.67. The summed E-state index contributed by atoms with van der Waals surface area (Å²) in [6, 6.07) is 14.3. The first-order chi connectivity index (χ1) is 19.9. The van der Waals surface area contributed by atoms with Crippen molar-refractivity contribution in [1.29, 1.82) is 0 Å². The number of rotatable bonds is 6. The molecule has 0 bridgehead atoms. The van der Waals surface area contributed by atoms with Crippen molar-refractivity contribution in [2.45, 2.75) is 52.0 Å². The normalized spacial score (nSPS) is 16.7.